The van der Waals surface area contributed by atoms with Gasteiger partial charge in [0.1, 0.15) is 5.75 Å². The lowest BCUT2D eigenvalue weighted by atomic mass is 10.0. The number of benzene rings is 2. The fourth-order valence-corrected chi connectivity index (χ4v) is 3.20. The largest absolute Gasteiger partial charge is 0.493 e. The van der Waals surface area contributed by atoms with Crippen molar-refractivity contribution in [2.75, 3.05) is 6.61 Å². The number of carbonyl (C=O) groups excluding carboxylic acids is 1. The SMILES string of the molecule is O=C(NCc1ccc2c(c1)CCCO2)c1cccc(Cn2cccn2)c1. The number of rotatable bonds is 5. The van der Waals surface area contributed by atoms with Crippen LogP contribution in [0.5, 0.6) is 5.75 Å². The molecule has 1 amide bonds. The number of aryl methyl sites for hydroxylation is 1. The van der Waals surface area contributed by atoms with Gasteiger partial charge in [-0.2, -0.15) is 5.10 Å². The van der Waals surface area contributed by atoms with E-state index < -0.39 is 0 Å². The molecular weight excluding hydrogens is 326 g/mol. The third-order valence-corrected chi connectivity index (χ3v) is 4.52. The summed E-state index contributed by atoms with van der Waals surface area (Å²) in [7, 11) is 0. The predicted molar refractivity (Wildman–Crippen MR) is 99.2 cm³/mol. The van der Waals surface area contributed by atoms with Gasteiger partial charge in [-0.1, -0.05) is 24.3 Å². The summed E-state index contributed by atoms with van der Waals surface area (Å²) in [6.45, 7) is 1.95. The maximum Gasteiger partial charge on any atom is 0.251 e. The summed E-state index contributed by atoms with van der Waals surface area (Å²) < 4.78 is 7.47. The van der Waals surface area contributed by atoms with Crippen LogP contribution in [0.4, 0.5) is 0 Å². The zero-order chi connectivity index (χ0) is 17.8. The molecule has 1 aliphatic rings. The highest BCUT2D eigenvalue weighted by molar-refractivity contribution is 5.94. The van der Waals surface area contributed by atoms with Crippen LogP contribution >= 0.6 is 0 Å². The molecule has 3 aromatic rings. The first-order valence-corrected chi connectivity index (χ1v) is 8.87. The van der Waals surface area contributed by atoms with E-state index in [0.717, 1.165) is 36.3 Å². The smallest absolute Gasteiger partial charge is 0.251 e. The van der Waals surface area contributed by atoms with Crippen molar-refractivity contribution < 1.29 is 9.53 Å². The number of ether oxygens (including phenoxy) is 1. The lowest BCUT2D eigenvalue weighted by Crippen LogP contribution is -2.23. The number of aromatic nitrogens is 2. The molecule has 0 atom stereocenters. The summed E-state index contributed by atoms with van der Waals surface area (Å²) in [6, 6.07) is 15.7. The van der Waals surface area contributed by atoms with Crippen molar-refractivity contribution >= 4 is 5.91 Å². The van der Waals surface area contributed by atoms with E-state index in [1.54, 1.807) is 6.20 Å². The minimum Gasteiger partial charge on any atom is -0.493 e. The van der Waals surface area contributed by atoms with Crippen LogP contribution in [-0.2, 0) is 19.5 Å². The van der Waals surface area contributed by atoms with Gasteiger partial charge in [0.2, 0.25) is 0 Å². The molecule has 1 aliphatic heterocycles. The Morgan fingerprint density at radius 1 is 1.15 bits per heavy atom. The van der Waals surface area contributed by atoms with Crippen LogP contribution in [0.2, 0.25) is 0 Å². The fraction of sp³-hybridized carbons (Fsp3) is 0.238. The molecule has 5 heteroatoms. The Balaban J connectivity index is 1.40. The quantitative estimate of drug-likeness (QED) is 0.771. The molecule has 26 heavy (non-hydrogen) atoms. The maximum atomic E-state index is 12.5. The fourth-order valence-electron chi connectivity index (χ4n) is 3.20. The molecule has 0 saturated heterocycles. The summed E-state index contributed by atoms with van der Waals surface area (Å²) >= 11 is 0. The Kier molecular flexibility index (Phi) is 4.69. The van der Waals surface area contributed by atoms with Crippen LogP contribution in [0, 0.1) is 0 Å². The molecule has 0 saturated carbocycles. The van der Waals surface area contributed by atoms with E-state index in [-0.39, 0.29) is 5.91 Å². The zero-order valence-corrected chi connectivity index (χ0v) is 14.5. The van der Waals surface area contributed by atoms with Crippen LogP contribution in [-0.4, -0.2) is 22.3 Å². The van der Waals surface area contributed by atoms with Gasteiger partial charge >= 0.3 is 0 Å². The van der Waals surface area contributed by atoms with Gasteiger partial charge in [-0.3, -0.25) is 9.48 Å². The summed E-state index contributed by atoms with van der Waals surface area (Å²) in [5, 5.41) is 7.21. The lowest BCUT2D eigenvalue weighted by Gasteiger charge is -2.18. The highest BCUT2D eigenvalue weighted by atomic mass is 16.5. The van der Waals surface area contributed by atoms with E-state index in [1.807, 2.05) is 53.3 Å². The van der Waals surface area contributed by atoms with Crippen LogP contribution in [0.1, 0.15) is 33.5 Å². The van der Waals surface area contributed by atoms with Crippen molar-refractivity contribution in [3.8, 4) is 5.75 Å². The van der Waals surface area contributed by atoms with E-state index in [1.165, 1.54) is 5.56 Å². The molecule has 2 heterocycles. The molecule has 0 spiro atoms. The number of nitrogens with zero attached hydrogens (tertiary/aromatic N) is 2. The molecule has 2 aromatic carbocycles. The monoisotopic (exact) mass is 347 g/mol. The molecule has 1 N–H and O–H groups in total. The first-order valence-electron chi connectivity index (χ1n) is 8.87. The lowest BCUT2D eigenvalue weighted by molar-refractivity contribution is 0.0951. The van der Waals surface area contributed by atoms with Gasteiger partial charge < -0.3 is 10.1 Å². The molecule has 132 valence electrons. The van der Waals surface area contributed by atoms with Gasteiger partial charge in [0.15, 0.2) is 0 Å². The van der Waals surface area contributed by atoms with Gasteiger partial charge in [0, 0.05) is 24.5 Å². The summed E-state index contributed by atoms with van der Waals surface area (Å²) in [5.41, 5.74) is 4.03. The minimum absolute atomic E-state index is 0.0683. The van der Waals surface area contributed by atoms with Crippen molar-refractivity contribution in [1.29, 1.82) is 0 Å². The second kappa shape index (κ2) is 7.44. The molecule has 0 unspecified atom stereocenters. The molecule has 0 aliphatic carbocycles. The molecule has 4 rings (SSSR count). The van der Waals surface area contributed by atoms with Gasteiger partial charge in [-0.25, -0.2) is 0 Å². The highest BCUT2D eigenvalue weighted by Crippen LogP contribution is 2.25. The topological polar surface area (TPSA) is 56.1 Å². The number of nitrogens with one attached hydrogen (secondary N) is 1. The third-order valence-electron chi connectivity index (χ3n) is 4.52. The minimum atomic E-state index is -0.0683. The average Bonchev–Trinajstić information content (AvgIpc) is 3.19. The molecule has 5 nitrogen and oxygen atoms in total. The molecule has 0 bridgehead atoms. The Hall–Kier alpha value is -3.08. The second-order valence-corrected chi connectivity index (χ2v) is 6.48. The Bertz CT molecular complexity index is 903. The number of fused-ring (bicyclic) bond motifs is 1. The van der Waals surface area contributed by atoms with E-state index in [9.17, 15) is 4.79 Å². The van der Waals surface area contributed by atoms with Crippen molar-refractivity contribution in [3.63, 3.8) is 0 Å². The van der Waals surface area contributed by atoms with Crippen molar-refractivity contribution in [1.82, 2.24) is 15.1 Å². The normalized spacial score (nSPS) is 12.9. The molecule has 0 radical (unpaired) electrons. The van der Waals surface area contributed by atoms with Gasteiger partial charge in [-0.15, -0.1) is 0 Å². The number of carbonyl (C=O) groups is 1. The average molecular weight is 347 g/mol. The molecule has 1 aromatic heterocycles. The van der Waals surface area contributed by atoms with Crippen molar-refractivity contribution in [2.24, 2.45) is 0 Å². The first-order chi connectivity index (χ1) is 12.8. The van der Waals surface area contributed by atoms with Crippen LogP contribution < -0.4 is 10.1 Å². The summed E-state index contributed by atoms with van der Waals surface area (Å²) in [6.07, 6.45) is 5.74. The Labute approximate surface area is 152 Å². The van der Waals surface area contributed by atoms with Crippen LogP contribution in [0.25, 0.3) is 0 Å². The van der Waals surface area contributed by atoms with E-state index in [0.29, 0.717) is 18.7 Å². The van der Waals surface area contributed by atoms with Crippen LogP contribution in [0.15, 0.2) is 60.9 Å². The van der Waals surface area contributed by atoms with Crippen molar-refractivity contribution in [3.05, 3.63) is 83.2 Å². The zero-order valence-electron chi connectivity index (χ0n) is 14.5. The summed E-state index contributed by atoms with van der Waals surface area (Å²) in [4.78, 5) is 12.5. The Morgan fingerprint density at radius 2 is 2.12 bits per heavy atom. The first kappa shape index (κ1) is 16.4. The number of amides is 1. The number of hydrogen-bond donors (Lipinski definition) is 1. The molecular formula is C21H21N3O2. The van der Waals surface area contributed by atoms with Crippen LogP contribution in [0.3, 0.4) is 0 Å². The predicted octanol–water partition coefficient (Wildman–Crippen LogP) is 3.19. The van der Waals surface area contributed by atoms with E-state index in [4.69, 9.17) is 4.74 Å². The van der Waals surface area contributed by atoms with Crippen molar-refractivity contribution in [2.45, 2.75) is 25.9 Å². The standard InChI is InChI=1S/C21H21N3O2/c25-21(19-5-1-4-17(13-19)15-24-10-3-9-23-24)22-14-16-7-8-20-18(12-16)6-2-11-26-20/h1,3-5,7-10,12-13H,2,6,11,14-15H2,(H,22,25). The summed E-state index contributed by atoms with van der Waals surface area (Å²) in [5.74, 6) is 0.902. The number of hydrogen-bond acceptors (Lipinski definition) is 3. The highest BCUT2D eigenvalue weighted by Gasteiger charge is 2.11. The van der Waals surface area contributed by atoms with Gasteiger partial charge in [0.05, 0.1) is 13.2 Å². The van der Waals surface area contributed by atoms with E-state index >= 15 is 0 Å². The van der Waals surface area contributed by atoms with Gasteiger partial charge in [0.25, 0.3) is 5.91 Å². The second-order valence-electron chi connectivity index (χ2n) is 6.48. The maximum absolute atomic E-state index is 12.5. The third kappa shape index (κ3) is 3.77. The molecule has 0 fully saturated rings. The van der Waals surface area contributed by atoms with E-state index in [2.05, 4.69) is 16.5 Å². The Morgan fingerprint density at radius 3 is 3.00 bits per heavy atom. The van der Waals surface area contributed by atoms with Gasteiger partial charge in [-0.05, 0) is 53.8 Å².